The van der Waals surface area contributed by atoms with Gasteiger partial charge in [-0.15, -0.1) is 0 Å². The van der Waals surface area contributed by atoms with Gasteiger partial charge in [0.2, 0.25) is 0 Å². The molecule has 5 heteroatoms. The van der Waals surface area contributed by atoms with Crippen LogP contribution in [0, 0.1) is 0 Å². The van der Waals surface area contributed by atoms with Crippen LogP contribution in [0.1, 0.15) is 0 Å². The quantitative estimate of drug-likeness (QED) is 0.170. The van der Waals surface area contributed by atoms with Crippen LogP contribution < -0.4 is 10.9 Å². The first-order valence-corrected chi connectivity index (χ1v) is 13.7. The van der Waals surface area contributed by atoms with Crippen molar-refractivity contribution in [3.63, 3.8) is 0 Å². The number of benzene rings is 5. The van der Waals surface area contributed by atoms with Gasteiger partial charge in [0.25, 0.3) is 0 Å². The monoisotopic (exact) mass is 543 g/mol. The van der Waals surface area contributed by atoms with Crippen molar-refractivity contribution in [2.75, 3.05) is 0 Å². The van der Waals surface area contributed by atoms with Crippen molar-refractivity contribution in [2.24, 2.45) is 0 Å². The second kappa shape index (κ2) is 7.53. The predicted molar refractivity (Wildman–Crippen MR) is 153 cm³/mol. The summed E-state index contributed by atoms with van der Waals surface area (Å²) in [5.41, 5.74) is 3.82. The number of hydrogen-bond donors (Lipinski definition) is 0. The molecule has 0 fully saturated rings. The Kier molecular flexibility index (Phi) is 4.22. The van der Waals surface area contributed by atoms with Crippen LogP contribution in [0.15, 0.2) is 117 Å². The fourth-order valence-corrected chi connectivity index (χ4v) is 7.79. The summed E-state index contributed by atoms with van der Waals surface area (Å²) in [7, 11) is 0. The molecule has 0 aliphatic rings. The molecule has 0 unspecified atom stereocenters. The molecule has 0 saturated heterocycles. The van der Waals surface area contributed by atoms with E-state index in [2.05, 4.69) is 28.8 Å². The van der Waals surface area contributed by atoms with E-state index >= 15 is 0 Å². The van der Waals surface area contributed by atoms with E-state index in [-0.39, 0.29) is 25.4 Å². The molecule has 3 heterocycles. The Balaban J connectivity index is 1.52. The van der Waals surface area contributed by atoms with Gasteiger partial charge in [-0.2, -0.15) is 0 Å². The summed E-state index contributed by atoms with van der Waals surface area (Å²) in [5.74, 6) is 0. The first-order chi connectivity index (χ1) is 18.2. The number of rotatable bonds is 1. The van der Waals surface area contributed by atoms with Crippen LogP contribution in [0.3, 0.4) is 0 Å². The predicted octanol–water partition coefficient (Wildman–Crippen LogP) is 6.77. The molecule has 0 saturated carbocycles. The third-order valence-corrected chi connectivity index (χ3v) is 9.57. The van der Waals surface area contributed by atoms with Crippen LogP contribution in [0.25, 0.3) is 68.7 Å². The van der Waals surface area contributed by atoms with Gasteiger partial charge in [-0.05, 0) is 0 Å². The maximum absolute atomic E-state index is 13.8. The maximum atomic E-state index is 13.8. The van der Waals surface area contributed by atoms with Crippen molar-refractivity contribution in [3.05, 3.63) is 124 Å². The number of para-hydroxylation sites is 3. The molecular weight excluding hydrogens is 525 g/mol. The minimum absolute atomic E-state index is 0.0286. The van der Waals surface area contributed by atoms with E-state index in [4.69, 9.17) is 4.42 Å². The van der Waals surface area contributed by atoms with Crippen molar-refractivity contribution in [3.8, 4) is 5.69 Å². The van der Waals surface area contributed by atoms with E-state index in [9.17, 15) is 9.59 Å². The van der Waals surface area contributed by atoms with E-state index in [1.54, 1.807) is 12.1 Å². The second-order valence-corrected chi connectivity index (χ2v) is 11.5. The zero-order valence-electron chi connectivity index (χ0n) is 19.4. The molecule has 3 aromatic heterocycles. The Morgan fingerprint density at radius 2 is 1.16 bits per heavy atom. The average molecular weight is 542 g/mol. The van der Waals surface area contributed by atoms with Crippen molar-refractivity contribution >= 4 is 77.5 Å². The van der Waals surface area contributed by atoms with Crippen LogP contribution >= 0.6 is 0 Å². The molecule has 0 amide bonds. The Morgan fingerprint density at radius 1 is 0.541 bits per heavy atom. The first-order valence-electron chi connectivity index (χ1n) is 12.0. The van der Waals surface area contributed by atoms with Crippen LogP contribution in [-0.4, -0.2) is 19.1 Å². The van der Waals surface area contributed by atoms with Gasteiger partial charge in [0.15, 0.2) is 0 Å². The topological polar surface area (TPSA) is 52.2 Å². The minimum atomic E-state index is -0.124. The summed E-state index contributed by atoms with van der Waals surface area (Å²) >= 11 is -0.0477. The molecule has 0 aliphatic carbocycles. The molecule has 0 bridgehead atoms. The standard InChI is InChI=1S/C32H17NO3Se/c34-30-20-10-3-6-15-28(20)37-29-17-27-22(16-23(29)30)31(35)21-11-7-14-26(32(21)36-27)33-24-12-4-1-8-18(24)19-9-2-5-13-25(19)33/h1-17H. The second-order valence-electron chi connectivity index (χ2n) is 9.23. The van der Waals surface area contributed by atoms with Crippen molar-refractivity contribution in [2.45, 2.75) is 0 Å². The molecule has 37 heavy (non-hydrogen) atoms. The molecule has 8 aromatic rings. The normalized spacial score (nSPS) is 12.0. The summed E-state index contributed by atoms with van der Waals surface area (Å²) in [4.78, 5) is 27.1. The van der Waals surface area contributed by atoms with Gasteiger partial charge in [0.1, 0.15) is 0 Å². The Morgan fingerprint density at radius 3 is 1.92 bits per heavy atom. The fraction of sp³-hybridized carbons (Fsp3) is 0. The number of hydrogen-bond acceptors (Lipinski definition) is 3. The van der Waals surface area contributed by atoms with E-state index in [0.29, 0.717) is 27.3 Å². The number of nitrogens with zero attached hydrogens (tertiary/aromatic N) is 1. The van der Waals surface area contributed by atoms with Crippen LogP contribution in [0.5, 0.6) is 0 Å². The summed E-state index contributed by atoms with van der Waals surface area (Å²) in [6.07, 6.45) is 0. The number of fused-ring (bicyclic) bond motifs is 7. The average Bonchev–Trinajstić information content (AvgIpc) is 3.27. The van der Waals surface area contributed by atoms with E-state index in [1.807, 2.05) is 66.7 Å². The summed E-state index contributed by atoms with van der Waals surface area (Å²) in [6, 6.07) is 33.6. The Labute approximate surface area is 215 Å². The first kappa shape index (κ1) is 20.7. The van der Waals surface area contributed by atoms with Crippen LogP contribution in [0.4, 0.5) is 0 Å². The molecule has 0 N–H and O–H groups in total. The SMILES string of the molecule is O=c1c2ccccc2[se]c2cc3oc4c(-n5c6ccccc6c6ccccc65)cccc4c(=O)c3cc12. The van der Waals surface area contributed by atoms with Gasteiger partial charge in [-0.25, -0.2) is 0 Å². The van der Waals surface area contributed by atoms with Gasteiger partial charge in [-0.3, -0.25) is 0 Å². The van der Waals surface area contributed by atoms with E-state index in [0.717, 1.165) is 41.4 Å². The summed E-state index contributed by atoms with van der Waals surface area (Å²) < 4.78 is 10.7. The molecule has 0 radical (unpaired) electrons. The molecule has 4 nitrogen and oxygen atoms in total. The van der Waals surface area contributed by atoms with Gasteiger partial charge in [0, 0.05) is 0 Å². The third kappa shape index (κ3) is 2.84. The summed E-state index contributed by atoms with van der Waals surface area (Å²) in [6.45, 7) is 0. The van der Waals surface area contributed by atoms with Crippen molar-refractivity contribution in [1.82, 2.24) is 4.57 Å². The Hall–Kier alpha value is -4.44. The van der Waals surface area contributed by atoms with Crippen molar-refractivity contribution in [1.29, 1.82) is 0 Å². The molecule has 5 aromatic carbocycles. The molecule has 174 valence electrons. The Bertz CT molecular complexity index is 2300. The number of aromatic nitrogens is 1. The summed E-state index contributed by atoms with van der Waals surface area (Å²) in [5, 5.41) is 4.57. The zero-order chi connectivity index (χ0) is 24.7. The van der Waals surface area contributed by atoms with E-state index < -0.39 is 0 Å². The molecule has 0 aliphatic heterocycles. The van der Waals surface area contributed by atoms with Crippen LogP contribution in [0.2, 0.25) is 0 Å². The molecule has 8 rings (SSSR count). The molecular formula is C32H17NO3Se. The van der Waals surface area contributed by atoms with E-state index in [1.165, 1.54) is 0 Å². The third-order valence-electron chi connectivity index (χ3n) is 7.19. The fourth-order valence-electron chi connectivity index (χ4n) is 5.52. The molecule has 0 atom stereocenters. The van der Waals surface area contributed by atoms with Gasteiger partial charge in [-0.1, -0.05) is 0 Å². The molecule has 0 spiro atoms. The zero-order valence-corrected chi connectivity index (χ0v) is 21.1. The van der Waals surface area contributed by atoms with Gasteiger partial charge < -0.3 is 0 Å². The van der Waals surface area contributed by atoms with Gasteiger partial charge in [0.05, 0.1) is 0 Å². The van der Waals surface area contributed by atoms with Crippen LogP contribution in [-0.2, 0) is 0 Å². The van der Waals surface area contributed by atoms with Gasteiger partial charge >= 0.3 is 216 Å². The van der Waals surface area contributed by atoms with Crippen molar-refractivity contribution < 1.29 is 4.42 Å².